The average molecular weight is 415 g/mol. The highest BCUT2D eigenvalue weighted by Crippen LogP contribution is 2.39. The third-order valence-electron chi connectivity index (χ3n) is 5.67. The summed E-state index contributed by atoms with van der Waals surface area (Å²) in [7, 11) is 0. The monoisotopic (exact) mass is 414 g/mol. The number of nitrogens with zero attached hydrogens (tertiary/aromatic N) is 3. The zero-order valence-corrected chi connectivity index (χ0v) is 17.3. The molecule has 2 unspecified atom stereocenters. The normalized spacial score (nSPS) is 22.7. The molecular weight excluding hydrogens is 387 g/mol. The summed E-state index contributed by atoms with van der Waals surface area (Å²) < 4.78 is 16.4. The van der Waals surface area contributed by atoms with Crippen LogP contribution in [-0.4, -0.2) is 45.3 Å². The zero-order chi connectivity index (χ0) is 20.4. The van der Waals surface area contributed by atoms with Gasteiger partial charge in [0.1, 0.15) is 5.82 Å². The lowest BCUT2D eigenvalue weighted by atomic mass is 9.93. The van der Waals surface area contributed by atoms with Crippen LogP contribution < -0.4 is 5.73 Å². The molecule has 1 saturated heterocycles. The van der Waals surface area contributed by atoms with Gasteiger partial charge in [-0.25, -0.2) is 4.39 Å². The molecule has 1 aromatic carbocycles. The molecule has 2 aliphatic rings. The highest BCUT2D eigenvalue weighted by Gasteiger charge is 2.40. The predicted molar refractivity (Wildman–Crippen MR) is 115 cm³/mol. The van der Waals surface area contributed by atoms with E-state index in [9.17, 15) is 9.18 Å². The van der Waals surface area contributed by atoms with Crippen molar-refractivity contribution in [3.8, 4) is 0 Å². The molecule has 0 amide bonds. The van der Waals surface area contributed by atoms with E-state index in [1.165, 1.54) is 6.07 Å². The van der Waals surface area contributed by atoms with Crippen molar-refractivity contribution in [2.75, 3.05) is 19.6 Å². The zero-order valence-electron chi connectivity index (χ0n) is 16.4. The number of ketones is 1. The molecule has 29 heavy (non-hydrogen) atoms. The summed E-state index contributed by atoms with van der Waals surface area (Å²) in [4.78, 5) is 15.2. The molecule has 2 fully saturated rings. The Hall–Kier alpha value is -1.96. The van der Waals surface area contributed by atoms with E-state index in [1.807, 2.05) is 23.0 Å². The Morgan fingerprint density at radius 1 is 1.31 bits per heavy atom. The minimum Gasteiger partial charge on any atom is -0.329 e. The summed E-state index contributed by atoms with van der Waals surface area (Å²) in [5.41, 5.74) is 8.03. The number of halogens is 1. The van der Waals surface area contributed by atoms with E-state index >= 15 is 0 Å². The van der Waals surface area contributed by atoms with Gasteiger partial charge >= 0.3 is 0 Å². The molecule has 5 nitrogen and oxygen atoms in total. The van der Waals surface area contributed by atoms with Crippen LogP contribution in [0.2, 0.25) is 0 Å². The van der Waals surface area contributed by atoms with E-state index in [2.05, 4.69) is 10.00 Å². The number of aromatic nitrogens is 2. The van der Waals surface area contributed by atoms with Crippen LogP contribution in [0, 0.1) is 11.7 Å². The molecule has 154 valence electrons. The second kappa shape index (κ2) is 8.81. The summed E-state index contributed by atoms with van der Waals surface area (Å²) in [5.74, 6) is -0.113. The van der Waals surface area contributed by atoms with Crippen LogP contribution in [0.3, 0.4) is 0 Å². The molecule has 2 N–H and O–H groups in total. The fourth-order valence-corrected chi connectivity index (χ4v) is 4.25. The molecule has 1 aliphatic heterocycles. The Kier molecular flexibility index (Phi) is 6.18. The van der Waals surface area contributed by atoms with Crippen LogP contribution in [0.5, 0.6) is 0 Å². The maximum Gasteiger partial charge on any atom is 0.157 e. The van der Waals surface area contributed by atoms with Crippen molar-refractivity contribution < 1.29 is 9.18 Å². The van der Waals surface area contributed by atoms with E-state index in [0.29, 0.717) is 31.7 Å². The van der Waals surface area contributed by atoms with Gasteiger partial charge in [-0.3, -0.25) is 14.4 Å². The highest BCUT2D eigenvalue weighted by atomic mass is 32.1. The summed E-state index contributed by atoms with van der Waals surface area (Å²) in [6.45, 7) is 2.50. The maximum absolute atomic E-state index is 14.6. The number of piperidine rings is 1. The van der Waals surface area contributed by atoms with Crippen LogP contribution in [0.15, 0.2) is 42.1 Å². The second-order valence-electron chi connectivity index (χ2n) is 7.89. The minimum atomic E-state index is -0.539. The molecule has 4 rings (SSSR count). The lowest BCUT2D eigenvalue weighted by Gasteiger charge is -2.37. The van der Waals surface area contributed by atoms with Crippen LogP contribution in [0.4, 0.5) is 4.39 Å². The quantitative estimate of drug-likeness (QED) is 0.684. The van der Waals surface area contributed by atoms with Crippen molar-refractivity contribution in [1.29, 1.82) is 0 Å². The number of Topliss-reactive ketones (excluding diaryl/α,β-unsaturated/α-hetero) is 1. The minimum absolute atomic E-state index is 0.0627. The smallest absolute Gasteiger partial charge is 0.157 e. The van der Waals surface area contributed by atoms with Crippen LogP contribution in [-0.2, 0) is 11.3 Å². The summed E-state index contributed by atoms with van der Waals surface area (Å²) in [6, 6.07) is 8.06. The van der Waals surface area contributed by atoms with Crippen molar-refractivity contribution in [1.82, 2.24) is 14.7 Å². The Balaban J connectivity index is 1.60. The molecule has 1 aliphatic carbocycles. The van der Waals surface area contributed by atoms with Gasteiger partial charge < -0.3 is 5.73 Å². The highest BCUT2D eigenvalue weighted by molar-refractivity contribution is 7.81. The predicted octanol–water partition coefficient (Wildman–Crippen LogP) is 3.09. The van der Waals surface area contributed by atoms with E-state index in [1.54, 1.807) is 18.2 Å². The first-order valence-corrected chi connectivity index (χ1v) is 10.7. The average Bonchev–Trinajstić information content (AvgIpc) is 3.47. The van der Waals surface area contributed by atoms with Crippen LogP contribution >= 0.6 is 12.6 Å². The number of rotatable bonds is 7. The first-order chi connectivity index (χ1) is 14.1. The molecule has 2 atom stereocenters. The van der Waals surface area contributed by atoms with Crippen molar-refractivity contribution >= 4 is 24.5 Å². The molecule has 1 saturated carbocycles. The SMILES string of the molecule is NCCn1ccc(/C=C2\CN(C(C(=O)C3CC3)c3ccccc3F)CCC2S)n1. The third-order valence-corrected chi connectivity index (χ3v) is 6.26. The molecular formula is C22H27FN4OS. The van der Waals surface area contributed by atoms with Gasteiger partial charge in [0, 0.05) is 42.6 Å². The summed E-state index contributed by atoms with van der Waals surface area (Å²) in [5, 5.41) is 4.63. The van der Waals surface area contributed by atoms with E-state index in [-0.39, 0.29) is 22.8 Å². The first-order valence-electron chi connectivity index (χ1n) is 10.2. The number of benzene rings is 1. The number of likely N-dealkylation sites (tertiary alicyclic amines) is 1. The number of carbonyl (C=O) groups is 1. The van der Waals surface area contributed by atoms with Crippen LogP contribution in [0.25, 0.3) is 6.08 Å². The number of hydrogen-bond donors (Lipinski definition) is 2. The van der Waals surface area contributed by atoms with Gasteiger partial charge in [0.2, 0.25) is 0 Å². The number of hydrogen-bond acceptors (Lipinski definition) is 5. The topological polar surface area (TPSA) is 64.2 Å². The summed E-state index contributed by atoms with van der Waals surface area (Å²) in [6.07, 6.45) is 6.58. The molecule has 7 heteroatoms. The lowest BCUT2D eigenvalue weighted by molar-refractivity contribution is -0.126. The maximum atomic E-state index is 14.6. The van der Waals surface area contributed by atoms with Crippen LogP contribution in [0.1, 0.15) is 36.6 Å². The third kappa shape index (κ3) is 4.63. The fourth-order valence-electron chi connectivity index (χ4n) is 3.97. The number of thiol groups is 1. The summed E-state index contributed by atoms with van der Waals surface area (Å²) >= 11 is 4.75. The number of nitrogens with two attached hydrogens (primary N) is 1. The van der Waals surface area contributed by atoms with Gasteiger partial charge in [-0.2, -0.15) is 17.7 Å². The van der Waals surface area contributed by atoms with Gasteiger partial charge in [-0.05, 0) is 43.0 Å². The second-order valence-corrected chi connectivity index (χ2v) is 8.51. The Morgan fingerprint density at radius 2 is 2.10 bits per heavy atom. The molecule has 0 spiro atoms. The lowest BCUT2D eigenvalue weighted by Crippen LogP contribution is -2.42. The fraction of sp³-hybridized carbons (Fsp3) is 0.455. The van der Waals surface area contributed by atoms with Gasteiger partial charge in [-0.1, -0.05) is 18.2 Å². The Labute approximate surface area is 176 Å². The van der Waals surface area contributed by atoms with Gasteiger partial charge in [0.25, 0.3) is 0 Å². The molecule has 0 radical (unpaired) electrons. The Bertz CT molecular complexity index is 908. The largest absolute Gasteiger partial charge is 0.329 e. The van der Waals surface area contributed by atoms with E-state index in [4.69, 9.17) is 18.4 Å². The van der Waals surface area contributed by atoms with Gasteiger partial charge in [0.05, 0.1) is 18.3 Å². The van der Waals surface area contributed by atoms with E-state index in [0.717, 1.165) is 30.5 Å². The standard InChI is InChI=1S/C22H27FN4OS/c23-19-4-2-1-3-18(19)21(22(28)15-5-6-15)26-10-8-20(29)16(14-26)13-17-7-11-27(25-17)12-9-24/h1-4,7,11,13,15,20-21,29H,5-6,8-10,12,14,24H2/b16-13+. The van der Waals surface area contributed by atoms with Crippen molar-refractivity contribution in [3.63, 3.8) is 0 Å². The first kappa shape index (κ1) is 20.3. The molecule has 0 bridgehead atoms. The van der Waals surface area contributed by atoms with Crippen molar-refractivity contribution in [2.45, 2.75) is 37.1 Å². The molecule has 1 aromatic heterocycles. The Morgan fingerprint density at radius 3 is 2.83 bits per heavy atom. The van der Waals surface area contributed by atoms with Gasteiger partial charge in [-0.15, -0.1) is 0 Å². The van der Waals surface area contributed by atoms with Crippen molar-refractivity contribution in [2.24, 2.45) is 11.7 Å². The molecule has 2 heterocycles. The van der Waals surface area contributed by atoms with Crippen molar-refractivity contribution in [3.05, 3.63) is 59.2 Å². The van der Waals surface area contributed by atoms with Gasteiger partial charge in [0.15, 0.2) is 5.78 Å². The van der Waals surface area contributed by atoms with E-state index < -0.39 is 6.04 Å². The molecule has 2 aromatic rings. The number of carbonyl (C=O) groups excluding carboxylic acids is 1.